The van der Waals surface area contributed by atoms with E-state index in [1.165, 1.54) is 0 Å². The normalized spacial score (nSPS) is 22.7. The number of ether oxygens (including phenoxy) is 1. The number of hydrogen-bond donors (Lipinski definition) is 2. The molecule has 1 amide bonds. The van der Waals surface area contributed by atoms with Gasteiger partial charge in [0.15, 0.2) is 0 Å². The van der Waals surface area contributed by atoms with Gasteiger partial charge in [0.05, 0.1) is 6.61 Å². The highest BCUT2D eigenvalue weighted by Gasteiger charge is 2.27. The van der Waals surface area contributed by atoms with Gasteiger partial charge in [-0.2, -0.15) is 0 Å². The molecule has 3 N–H and O–H groups in total. The Balaban J connectivity index is 1.90. The molecular formula is C13H18N2O2. The number of amides is 1. The lowest BCUT2D eigenvalue weighted by Crippen LogP contribution is -2.50. The Morgan fingerprint density at radius 1 is 1.41 bits per heavy atom. The minimum Gasteiger partial charge on any atom is -0.494 e. The third kappa shape index (κ3) is 2.97. The van der Waals surface area contributed by atoms with Crippen LogP contribution in [0.4, 0.5) is 0 Å². The molecule has 92 valence electrons. The Hall–Kier alpha value is -1.55. The molecule has 17 heavy (non-hydrogen) atoms. The number of nitrogens with one attached hydrogen (secondary N) is 1. The summed E-state index contributed by atoms with van der Waals surface area (Å²) < 4.78 is 5.32. The average molecular weight is 234 g/mol. The molecule has 1 aliphatic carbocycles. The molecule has 0 unspecified atom stereocenters. The van der Waals surface area contributed by atoms with Gasteiger partial charge in [0.25, 0.3) is 5.91 Å². The molecule has 1 aliphatic rings. The van der Waals surface area contributed by atoms with Crippen LogP contribution in [-0.2, 0) is 0 Å². The molecule has 1 saturated carbocycles. The fraction of sp³-hybridized carbons (Fsp3) is 0.462. The molecule has 1 aromatic rings. The lowest BCUT2D eigenvalue weighted by atomic mass is 9.87. The molecular weight excluding hydrogens is 216 g/mol. The SMILES string of the molecule is CCOc1ccc(C(=O)NC2CC(N)C2)cc1. The van der Waals surface area contributed by atoms with Crippen LogP contribution in [0.25, 0.3) is 0 Å². The number of nitrogens with two attached hydrogens (primary N) is 1. The van der Waals surface area contributed by atoms with Crippen LogP contribution in [0.3, 0.4) is 0 Å². The van der Waals surface area contributed by atoms with E-state index in [0.29, 0.717) is 12.2 Å². The standard InChI is InChI=1S/C13H18N2O2/c1-2-17-12-5-3-9(4-6-12)13(16)15-11-7-10(14)8-11/h3-6,10-11H,2,7-8,14H2,1H3,(H,15,16). The smallest absolute Gasteiger partial charge is 0.251 e. The molecule has 0 radical (unpaired) electrons. The molecule has 0 bridgehead atoms. The molecule has 4 heteroatoms. The van der Waals surface area contributed by atoms with E-state index >= 15 is 0 Å². The summed E-state index contributed by atoms with van der Waals surface area (Å²) in [6.45, 7) is 2.56. The zero-order valence-corrected chi connectivity index (χ0v) is 9.98. The zero-order valence-electron chi connectivity index (χ0n) is 9.98. The number of carbonyl (C=O) groups is 1. The van der Waals surface area contributed by atoms with Gasteiger partial charge in [-0.1, -0.05) is 0 Å². The third-order valence-electron chi connectivity index (χ3n) is 2.94. The van der Waals surface area contributed by atoms with Gasteiger partial charge >= 0.3 is 0 Å². The summed E-state index contributed by atoms with van der Waals surface area (Å²) in [7, 11) is 0. The van der Waals surface area contributed by atoms with Gasteiger partial charge in [0.1, 0.15) is 5.75 Å². The van der Waals surface area contributed by atoms with Crippen LogP contribution < -0.4 is 15.8 Å². The topological polar surface area (TPSA) is 64.3 Å². The van der Waals surface area contributed by atoms with Crippen molar-refractivity contribution in [3.05, 3.63) is 29.8 Å². The van der Waals surface area contributed by atoms with Crippen LogP contribution in [0.2, 0.25) is 0 Å². The van der Waals surface area contributed by atoms with Crippen LogP contribution in [0.5, 0.6) is 5.75 Å². The molecule has 0 spiro atoms. The predicted octanol–water partition coefficient (Wildman–Crippen LogP) is 1.30. The van der Waals surface area contributed by atoms with E-state index in [4.69, 9.17) is 10.5 Å². The minimum absolute atomic E-state index is 0.0371. The quantitative estimate of drug-likeness (QED) is 0.825. The molecule has 0 heterocycles. The maximum absolute atomic E-state index is 11.8. The highest BCUT2D eigenvalue weighted by Crippen LogP contribution is 2.18. The first kappa shape index (κ1) is 11.9. The molecule has 2 rings (SSSR count). The summed E-state index contributed by atoms with van der Waals surface area (Å²) in [5, 5.41) is 2.95. The highest BCUT2D eigenvalue weighted by atomic mass is 16.5. The van der Waals surface area contributed by atoms with Gasteiger partial charge in [-0.05, 0) is 44.0 Å². The average Bonchev–Trinajstić information content (AvgIpc) is 2.28. The Kier molecular flexibility index (Phi) is 3.64. The zero-order chi connectivity index (χ0) is 12.3. The van der Waals surface area contributed by atoms with E-state index < -0.39 is 0 Å². The van der Waals surface area contributed by atoms with Crippen LogP contribution in [0, 0.1) is 0 Å². The van der Waals surface area contributed by atoms with E-state index in [9.17, 15) is 4.79 Å². The number of carbonyl (C=O) groups excluding carboxylic acids is 1. The van der Waals surface area contributed by atoms with Gasteiger partial charge in [-0.25, -0.2) is 0 Å². The van der Waals surface area contributed by atoms with Crippen LogP contribution in [0.1, 0.15) is 30.1 Å². The molecule has 1 fully saturated rings. The van der Waals surface area contributed by atoms with Crippen LogP contribution in [-0.4, -0.2) is 24.6 Å². The molecule has 1 aromatic carbocycles. The van der Waals surface area contributed by atoms with Gasteiger partial charge in [0.2, 0.25) is 0 Å². The Morgan fingerprint density at radius 2 is 2.06 bits per heavy atom. The molecule has 0 aromatic heterocycles. The van der Waals surface area contributed by atoms with Crippen molar-refractivity contribution in [2.45, 2.75) is 31.8 Å². The molecule has 4 nitrogen and oxygen atoms in total. The minimum atomic E-state index is -0.0371. The fourth-order valence-corrected chi connectivity index (χ4v) is 1.92. The van der Waals surface area contributed by atoms with Gasteiger partial charge < -0.3 is 15.8 Å². The van der Waals surface area contributed by atoms with E-state index in [-0.39, 0.29) is 18.0 Å². The van der Waals surface area contributed by atoms with Gasteiger partial charge in [-0.15, -0.1) is 0 Å². The second kappa shape index (κ2) is 5.19. The molecule has 0 saturated heterocycles. The van der Waals surface area contributed by atoms with Crippen molar-refractivity contribution >= 4 is 5.91 Å². The van der Waals surface area contributed by atoms with E-state index in [1.54, 1.807) is 12.1 Å². The van der Waals surface area contributed by atoms with Crippen molar-refractivity contribution in [3.8, 4) is 5.75 Å². The maximum atomic E-state index is 11.8. The summed E-state index contributed by atoms with van der Waals surface area (Å²) in [5.41, 5.74) is 6.33. The number of rotatable bonds is 4. The van der Waals surface area contributed by atoms with Crippen molar-refractivity contribution in [1.29, 1.82) is 0 Å². The van der Waals surface area contributed by atoms with E-state index in [2.05, 4.69) is 5.32 Å². The lowest BCUT2D eigenvalue weighted by molar-refractivity contribution is 0.0910. The summed E-state index contributed by atoms with van der Waals surface area (Å²) >= 11 is 0. The Labute approximate surface area is 101 Å². The highest BCUT2D eigenvalue weighted by molar-refractivity contribution is 5.94. The van der Waals surface area contributed by atoms with Crippen LogP contribution in [0.15, 0.2) is 24.3 Å². The lowest BCUT2D eigenvalue weighted by Gasteiger charge is -2.32. The first-order chi connectivity index (χ1) is 8.19. The van der Waals surface area contributed by atoms with E-state index in [1.807, 2.05) is 19.1 Å². The summed E-state index contributed by atoms with van der Waals surface area (Å²) in [6, 6.07) is 7.66. The second-order valence-corrected chi connectivity index (χ2v) is 4.36. The first-order valence-corrected chi connectivity index (χ1v) is 5.98. The van der Waals surface area contributed by atoms with Gasteiger partial charge in [-0.3, -0.25) is 4.79 Å². The second-order valence-electron chi connectivity index (χ2n) is 4.36. The molecule has 0 atom stereocenters. The fourth-order valence-electron chi connectivity index (χ4n) is 1.92. The summed E-state index contributed by atoms with van der Waals surface area (Å²) in [6.07, 6.45) is 1.76. The maximum Gasteiger partial charge on any atom is 0.251 e. The van der Waals surface area contributed by atoms with Crippen molar-refractivity contribution in [1.82, 2.24) is 5.32 Å². The number of benzene rings is 1. The Morgan fingerprint density at radius 3 is 2.59 bits per heavy atom. The van der Waals surface area contributed by atoms with Crippen molar-refractivity contribution in [2.24, 2.45) is 5.73 Å². The van der Waals surface area contributed by atoms with Crippen molar-refractivity contribution < 1.29 is 9.53 Å². The number of hydrogen-bond acceptors (Lipinski definition) is 3. The summed E-state index contributed by atoms with van der Waals surface area (Å²) in [5.74, 6) is 0.750. The third-order valence-corrected chi connectivity index (χ3v) is 2.94. The van der Waals surface area contributed by atoms with Crippen LogP contribution >= 0.6 is 0 Å². The van der Waals surface area contributed by atoms with Crippen molar-refractivity contribution in [3.63, 3.8) is 0 Å². The monoisotopic (exact) mass is 234 g/mol. The largest absolute Gasteiger partial charge is 0.494 e. The van der Waals surface area contributed by atoms with Crippen molar-refractivity contribution in [2.75, 3.05) is 6.61 Å². The Bertz CT molecular complexity index is 383. The molecule has 0 aliphatic heterocycles. The predicted molar refractivity (Wildman–Crippen MR) is 66.1 cm³/mol. The van der Waals surface area contributed by atoms with E-state index in [0.717, 1.165) is 18.6 Å². The van der Waals surface area contributed by atoms with Gasteiger partial charge in [0, 0.05) is 17.6 Å². The summed E-state index contributed by atoms with van der Waals surface area (Å²) in [4.78, 5) is 11.8. The first-order valence-electron chi connectivity index (χ1n) is 5.98.